The fourth-order valence-electron chi connectivity index (χ4n) is 4.29. The van der Waals surface area contributed by atoms with E-state index in [1.165, 1.54) is 21.7 Å². The molecule has 0 saturated carbocycles. The summed E-state index contributed by atoms with van der Waals surface area (Å²) in [5, 5.41) is 19.0. The molecule has 208 valence electrons. The van der Waals surface area contributed by atoms with Crippen molar-refractivity contribution in [3.05, 3.63) is 106 Å². The van der Waals surface area contributed by atoms with Crippen molar-refractivity contribution >= 4 is 40.8 Å². The van der Waals surface area contributed by atoms with Gasteiger partial charge >= 0.3 is 0 Å². The summed E-state index contributed by atoms with van der Waals surface area (Å²) in [5.74, 6) is -0.181. The van der Waals surface area contributed by atoms with Gasteiger partial charge in [0, 0.05) is 10.6 Å². The van der Waals surface area contributed by atoms with Crippen LogP contribution in [0.1, 0.15) is 32.0 Å². The molecule has 1 aromatic heterocycles. The van der Waals surface area contributed by atoms with Crippen LogP contribution in [-0.4, -0.2) is 57.3 Å². The Hall–Kier alpha value is -4.80. The summed E-state index contributed by atoms with van der Waals surface area (Å²) >= 11 is 5.94. The lowest BCUT2D eigenvalue weighted by molar-refractivity contribution is -0.114. The number of Topliss-reactive ketones (excluding diaryl/α,β-unsaturated/α-hetero) is 1. The van der Waals surface area contributed by atoms with Crippen LogP contribution in [0.15, 0.2) is 79.0 Å². The number of anilines is 1. The number of halogens is 1. The molecule has 0 aliphatic carbocycles. The van der Waals surface area contributed by atoms with Gasteiger partial charge in [0.05, 0.1) is 43.8 Å². The lowest BCUT2D eigenvalue weighted by Crippen LogP contribution is -2.38. The Kier molecular flexibility index (Phi) is 8.23. The Balaban J connectivity index is 1.11. The summed E-state index contributed by atoms with van der Waals surface area (Å²) in [7, 11) is 1.57. The molecule has 1 atom stereocenters. The van der Waals surface area contributed by atoms with E-state index in [1.807, 2.05) is 12.1 Å². The number of allylic oxidation sites excluding steroid dienone is 1. The Morgan fingerprint density at radius 2 is 1.76 bits per heavy atom. The SMILES string of the molecule is COc1ccc(C(=O)/C=C/c2ccc(OCc3cn(CC(O)CN4C(=O)C(=O)c5cc(Cl)ccc54)nn3)cc2)cc1. The number of methoxy groups -OCH3 is 1. The lowest BCUT2D eigenvalue weighted by Gasteiger charge is -2.20. The number of fused-ring (bicyclic) bond motifs is 1. The zero-order valence-electron chi connectivity index (χ0n) is 21.9. The van der Waals surface area contributed by atoms with Crippen molar-refractivity contribution in [1.29, 1.82) is 0 Å². The summed E-state index contributed by atoms with van der Waals surface area (Å²) in [6.45, 7) is 0.121. The Labute approximate surface area is 240 Å². The first-order valence-corrected chi connectivity index (χ1v) is 13.0. The maximum atomic E-state index is 12.4. The number of amides is 1. The third-order valence-electron chi connectivity index (χ3n) is 6.38. The van der Waals surface area contributed by atoms with Crippen molar-refractivity contribution < 1.29 is 29.0 Å². The highest BCUT2D eigenvalue weighted by Crippen LogP contribution is 2.31. The summed E-state index contributed by atoms with van der Waals surface area (Å²) in [5.41, 5.74) is 2.59. The summed E-state index contributed by atoms with van der Waals surface area (Å²) in [4.78, 5) is 38.3. The maximum absolute atomic E-state index is 12.4. The second-order valence-electron chi connectivity index (χ2n) is 9.28. The monoisotopic (exact) mass is 572 g/mol. The fraction of sp³-hybridized carbons (Fsp3) is 0.167. The minimum Gasteiger partial charge on any atom is -0.497 e. The van der Waals surface area contributed by atoms with E-state index in [-0.39, 0.29) is 31.0 Å². The molecule has 1 aliphatic heterocycles. The molecule has 0 saturated heterocycles. The van der Waals surface area contributed by atoms with Gasteiger partial charge in [-0.25, -0.2) is 4.68 Å². The molecule has 2 heterocycles. The van der Waals surface area contributed by atoms with Gasteiger partial charge in [-0.15, -0.1) is 5.10 Å². The topological polar surface area (TPSA) is 124 Å². The van der Waals surface area contributed by atoms with Crippen LogP contribution in [-0.2, 0) is 17.9 Å². The summed E-state index contributed by atoms with van der Waals surface area (Å²) < 4.78 is 12.3. The highest BCUT2D eigenvalue weighted by Gasteiger charge is 2.36. The molecule has 11 heteroatoms. The third-order valence-corrected chi connectivity index (χ3v) is 6.61. The van der Waals surface area contributed by atoms with E-state index in [0.717, 1.165) is 5.56 Å². The average Bonchev–Trinajstić information content (AvgIpc) is 3.52. The highest BCUT2D eigenvalue weighted by atomic mass is 35.5. The van der Waals surface area contributed by atoms with Crippen LogP contribution in [0.4, 0.5) is 5.69 Å². The third kappa shape index (κ3) is 6.51. The molecule has 5 rings (SSSR count). The minimum absolute atomic E-state index is 0.0597. The van der Waals surface area contributed by atoms with Crippen LogP contribution in [0.2, 0.25) is 5.02 Å². The number of ketones is 2. The smallest absolute Gasteiger partial charge is 0.299 e. The van der Waals surface area contributed by atoms with E-state index < -0.39 is 17.8 Å². The lowest BCUT2D eigenvalue weighted by atomic mass is 10.1. The van der Waals surface area contributed by atoms with Gasteiger partial charge in [-0.3, -0.25) is 14.4 Å². The number of carbonyl (C=O) groups is 3. The number of rotatable bonds is 11. The van der Waals surface area contributed by atoms with Crippen molar-refractivity contribution in [2.24, 2.45) is 0 Å². The normalized spacial score (nSPS) is 13.5. The van der Waals surface area contributed by atoms with Gasteiger partial charge in [0.2, 0.25) is 0 Å². The van der Waals surface area contributed by atoms with Gasteiger partial charge in [0.25, 0.3) is 11.7 Å². The van der Waals surface area contributed by atoms with Crippen LogP contribution in [0.5, 0.6) is 11.5 Å². The molecule has 0 spiro atoms. The standard InChI is InChI=1S/C30H25ClN4O6/c1-40-24-10-5-20(6-11-24)28(37)13-4-19-2-8-25(9-3-19)41-18-22-15-34(33-32-22)16-23(36)17-35-27-12-7-21(31)14-26(27)29(38)30(35)39/h2-15,23,36H,16-18H2,1H3/b13-4+. The summed E-state index contributed by atoms with van der Waals surface area (Å²) in [6.07, 6.45) is 3.87. The molecule has 0 fully saturated rings. The number of aromatic nitrogens is 3. The van der Waals surface area contributed by atoms with Crippen LogP contribution in [0.3, 0.4) is 0 Å². The minimum atomic E-state index is -0.999. The van der Waals surface area contributed by atoms with Gasteiger partial charge < -0.3 is 19.5 Å². The molecule has 0 bridgehead atoms. The number of β-amino-alcohol motifs (C(OH)–C–C–N with tert-alkyl or cyclic N) is 1. The Bertz CT molecular complexity index is 1610. The van der Waals surface area contributed by atoms with Gasteiger partial charge in [0.1, 0.15) is 23.8 Å². The second kappa shape index (κ2) is 12.2. The van der Waals surface area contributed by atoms with Crippen molar-refractivity contribution in [2.75, 3.05) is 18.6 Å². The summed E-state index contributed by atoms with van der Waals surface area (Å²) in [6, 6.07) is 18.8. The second-order valence-corrected chi connectivity index (χ2v) is 9.71. The zero-order valence-corrected chi connectivity index (χ0v) is 22.7. The van der Waals surface area contributed by atoms with Crippen LogP contribution < -0.4 is 14.4 Å². The molecular weight excluding hydrogens is 548 g/mol. The van der Waals surface area contributed by atoms with Crippen LogP contribution in [0.25, 0.3) is 6.08 Å². The zero-order chi connectivity index (χ0) is 28.9. The number of carbonyl (C=O) groups excluding carboxylic acids is 3. The molecule has 1 unspecified atom stereocenters. The number of aliphatic hydroxyl groups is 1. The molecule has 1 N–H and O–H groups in total. The first-order chi connectivity index (χ1) is 19.8. The maximum Gasteiger partial charge on any atom is 0.299 e. The van der Waals surface area contributed by atoms with Crippen molar-refractivity contribution in [1.82, 2.24) is 15.0 Å². The molecule has 41 heavy (non-hydrogen) atoms. The molecule has 1 amide bonds. The van der Waals surface area contributed by atoms with Crippen LogP contribution in [0, 0.1) is 0 Å². The van der Waals surface area contributed by atoms with Gasteiger partial charge in [-0.2, -0.15) is 0 Å². The highest BCUT2D eigenvalue weighted by molar-refractivity contribution is 6.52. The van der Waals surface area contributed by atoms with E-state index in [1.54, 1.807) is 67.9 Å². The number of nitrogens with zero attached hydrogens (tertiary/aromatic N) is 4. The fourth-order valence-corrected chi connectivity index (χ4v) is 4.46. The van der Waals surface area contributed by atoms with Crippen molar-refractivity contribution in [3.63, 3.8) is 0 Å². The predicted octanol–water partition coefficient (Wildman–Crippen LogP) is 4.01. The van der Waals surface area contributed by atoms with Crippen molar-refractivity contribution in [3.8, 4) is 11.5 Å². The van der Waals surface area contributed by atoms with E-state index >= 15 is 0 Å². The Morgan fingerprint density at radius 3 is 2.49 bits per heavy atom. The predicted molar refractivity (Wildman–Crippen MR) is 151 cm³/mol. The first-order valence-electron chi connectivity index (χ1n) is 12.6. The van der Waals surface area contributed by atoms with Crippen molar-refractivity contribution in [2.45, 2.75) is 19.3 Å². The average molecular weight is 573 g/mol. The van der Waals surface area contributed by atoms with Gasteiger partial charge in [-0.05, 0) is 66.2 Å². The quantitative estimate of drug-likeness (QED) is 0.162. The number of aliphatic hydroxyl groups excluding tert-OH is 1. The largest absolute Gasteiger partial charge is 0.497 e. The number of ether oxygens (including phenoxy) is 2. The molecule has 0 radical (unpaired) electrons. The molecular formula is C30H25ClN4O6. The number of benzene rings is 3. The molecule has 4 aromatic rings. The van der Waals surface area contributed by atoms with Gasteiger partial charge in [-0.1, -0.05) is 35.0 Å². The molecule has 3 aromatic carbocycles. The number of hydrogen-bond donors (Lipinski definition) is 1. The molecule has 1 aliphatic rings. The van der Waals surface area contributed by atoms with E-state index in [9.17, 15) is 19.5 Å². The van der Waals surface area contributed by atoms with E-state index in [4.69, 9.17) is 21.1 Å². The van der Waals surface area contributed by atoms with E-state index in [2.05, 4.69) is 10.3 Å². The van der Waals surface area contributed by atoms with Gasteiger partial charge in [0.15, 0.2) is 5.78 Å². The first kappa shape index (κ1) is 27.8. The van der Waals surface area contributed by atoms with Crippen LogP contribution >= 0.6 is 11.6 Å². The van der Waals surface area contributed by atoms with E-state index in [0.29, 0.717) is 33.5 Å². The Morgan fingerprint density at radius 1 is 1.02 bits per heavy atom. The molecule has 10 nitrogen and oxygen atoms in total. The number of hydrogen-bond acceptors (Lipinski definition) is 8.